The zero-order valence-electron chi connectivity index (χ0n) is 22.5. The summed E-state index contributed by atoms with van der Waals surface area (Å²) < 4.78 is 5.39. The number of hydrogen-bond donors (Lipinski definition) is 2. The van der Waals surface area contributed by atoms with Gasteiger partial charge in [0.25, 0.3) is 0 Å². The van der Waals surface area contributed by atoms with E-state index in [2.05, 4.69) is 5.32 Å². The second kappa shape index (κ2) is 16.3. The van der Waals surface area contributed by atoms with E-state index >= 15 is 0 Å². The zero-order valence-corrected chi connectivity index (χ0v) is 23.3. The summed E-state index contributed by atoms with van der Waals surface area (Å²) in [6, 6.07) is 27.6. The van der Waals surface area contributed by atoms with E-state index in [0.717, 1.165) is 22.4 Å². The summed E-state index contributed by atoms with van der Waals surface area (Å²) in [6.07, 6.45) is 0.260. The maximum atomic E-state index is 13.1. The number of Topliss-reactive ketones (excluding diaryl/α,β-unsaturated/α-hetero) is 1. The van der Waals surface area contributed by atoms with Crippen molar-refractivity contribution in [2.45, 2.75) is 38.0 Å². The number of carbonyl (C=O) groups excluding carboxylic acids is 3. The quantitative estimate of drug-likeness (QED) is 0.243. The number of hydrogen-bond acceptors (Lipinski definition) is 6. The molecule has 1 amide bonds. The van der Waals surface area contributed by atoms with Crippen molar-refractivity contribution >= 4 is 35.4 Å². The Kier molecular flexibility index (Phi) is 12.4. The molecule has 7 nitrogen and oxygen atoms in total. The number of benzene rings is 3. The predicted octanol–water partition coefficient (Wildman–Crippen LogP) is 4.73. The van der Waals surface area contributed by atoms with Gasteiger partial charge in [-0.3, -0.25) is 19.2 Å². The number of nitrogens with one attached hydrogen (secondary N) is 1. The molecule has 8 heteroatoms. The first-order chi connectivity index (χ1) is 19.3. The van der Waals surface area contributed by atoms with Crippen LogP contribution in [-0.2, 0) is 42.5 Å². The molecule has 0 aliphatic rings. The van der Waals surface area contributed by atoms with E-state index in [9.17, 15) is 24.3 Å². The number of ketones is 1. The molecule has 2 atom stereocenters. The molecule has 0 aliphatic heterocycles. The van der Waals surface area contributed by atoms with Crippen LogP contribution in [0.4, 0.5) is 0 Å². The van der Waals surface area contributed by atoms with Crippen LogP contribution in [0.15, 0.2) is 91.0 Å². The molecule has 210 valence electrons. The van der Waals surface area contributed by atoms with Crippen molar-refractivity contribution in [2.24, 2.45) is 11.8 Å². The molecule has 0 saturated heterocycles. The van der Waals surface area contributed by atoms with Crippen LogP contribution >= 0.6 is 11.8 Å². The molecule has 0 fully saturated rings. The van der Waals surface area contributed by atoms with Crippen molar-refractivity contribution in [1.82, 2.24) is 5.32 Å². The van der Waals surface area contributed by atoms with Crippen molar-refractivity contribution in [3.8, 4) is 0 Å². The van der Waals surface area contributed by atoms with Gasteiger partial charge in [-0.05, 0) is 29.5 Å². The predicted molar refractivity (Wildman–Crippen MR) is 156 cm³/mol. The summed E-state index contributed by atoms with van der Waals surface area (Å²) in [5.74, 6) is -2.60. The summed E-state index contributed by atoms with van der Waals surface area (Å²) in [7, 11) is 0. The third-order valence-corrected chi connectivity index (χ3v) is 7.62. The van der Waals surface area contributed by atoms with E-state index in [0.29, 0.717) is 18.6 Å². The lowest BCUT2D eigenvalue weighted by molar-refractivity contribution is -0.153. The highest BCUT2D eigenvalue weighted by Gasteiger charge is 2.28. The molecule has 2 N–H and O–H groups in total. The molecule has 0 heterocycles. The second-order valence-electron chi connectivity index (χ2n) is 9.71. The first-order valence-electron chi connectivity index (χ1n) is 13.2. The molecule has 0 saturated carbocycles. The topological polar surface area (TPSA) is 110 Å². The summed E-state index contributed by atoms with van der Waals surface area (Å²) in [4.78, 5) is 50.2. The number of carboxylic acid groups (broad SMARTS) is 1. The zero-order chi connectivity index (χ0) is 28.7. The van der Waals surface area contributed by atoms with Crippen LogP contribution in [-0.4, -0.2) is 47.1 Å². The molecule has 0 spiro atoms. The highest BCUT2D eigenvalue weighted by molar-refractivity contribution is 7.98. The Balaban J connectivity index is 1.57. The first kappa shape index (κ1) is 30.6. The third kappa shape index (κ3) is 10.7. The molecule has 0 radical (unpaired) electrons. The Hall–Kier alpha value is -3.91. The minimum atomic E-state index is -1.29. The van der Waals surface area contributed by atoms with Crippen LogP contribution in [0.5, 0.6) is 0 Å². The van der Waals surface area contributed by atoms with Crippen LogP contribution < -0.4 is 5.32 Å². The number of carbonyl (C=O) groups is 4. The number of thioether (sulfide) groups is 1. The van der Waals surface area contributed by atoms with Crippen molar-refractivity contribution in [2.75, 3.05) is 12.4 Å². The molecule has 3 rings (SSSR count). The minimum absolute atomic E-state index is 0.419. The molecular formula is C32H35NO6S. The van der Waals surface area contributed by atoms with Crippen molar-refractivity contribution in [3.05, 3.63) is 108 Å². The van der Waals surface area contributed by atoms with Gasteiger partial charge in [-0.15, -0.1) is 0 Å². The largest absolute Gasteiger partial charge is 0.481 e. The van der Waals surface area contributed by atoms with E-state index in [1.54, 1.807) is 18.7 Å². The van der Waals surface area contributed by atoms with Crippen LogP contribution in [0.25, 0.3) is 0 Å². The monoisotopic (exact) mass is 561 g/mol. The van der Waals surface area contributed by atoms with E-state index in [4.69, 9.17) is 4.74 Å². The average Bonchev–Trinajstić information content (AvgIpc) is 2.96. The Morgan fingerprint density at radius 2 is 1.30 bits per heavy atom. The van der Waals surface area contributed by atoms with Crippen molar-refractivity contribution in [3.63, 3.8) is 0 Å². The highest BCUT2D eigenvalue weighted by Crippen LogP contribution is 2.18. The molecular weight excluding hydrogens is 526 g/mol. The Morgan fingerprint density at radius 3 is 1.80 bits per heavy atom. The standard InChI is InChI=1S/C32H35NO6S/c1-23(21-40-22-26-15-9-4-10-16-26)31(37)33-28(19-30(35)36)29(34)20-39-32(38)27(17-24-11-5-2-6-12-24)18-25-13-7-3-8-14-25/h2-16,23,27-28H,17-22H2,1H3,(H,33,37)(H,35,36). The van der Waals surface area contributed by atoms with Gasteiger partial charge in [-0.25, -0.2) is 0 Å². The summed E-state index contributed by atoms with van der Waals surface area (Å²) in [6.45, 7) is 1.11. The van der Waals surface area contributed by atoms with Crippen LogP contribution in [0.2, 0.25) is 0 Å². The molecule has 0 aliphatic carbocycles. The molecule has 2 unspecified atom stereocenters. The van der Waals surface area contributed by atoms with Crippen LogP contribution in [0.1, 0.15) is 30.0 Å². The molecule has 0 bridgehead atoms. The van der Waals surface area contributed by atoms with Crippen LogP contribution in [0, 0.1) is 11.8 Å². The van der Waals surface area contributed by atoms with Gasteiger partial charge in [0.2, 0.25) is 5.91 Å². The molecule has 3 aromatic rings. The molecule has 0 aromatic heterocycles. The average molecular weight is 562 g/mol. The lowest BCUT2D eigenvalue weighted by Gasteiger charge is -2.20. The summed E-state index contributed by atoms with van der Waals surface area (Å²) in [5, 5.41) is 11.9. The van der Waals surface area contributed by atoms with Gasteiger partial charge in [-0.1, -0.05) is 97.9 Å². The lowest BCUT2D eigenvalue weighted by Crippen LogP contribution is -2.46. The number of ether oxygens (including phenoxy) is 1. The van der Waals surface area contributed by atoms with E-state index in [1.807, 2.05) is 91.0 Å². The molecule has 3 aromatic carbocycles. The van der Waals surface area contributed by atoms with Gasteiger partial charge in [0.05, 0.1) is 12.3 Å². The van der Waals surface area contributed by atoms with Crippen LogP contribution in [0.3, 0.4) is 0 Å². The van der Waals surface area contributed by atoms with E-state index < -0.39 is 54.5 Å². The van der Waals surface area contributed by atoms with Crippen molar-refractivity contribution in [1.29, 1.82) is 0 Å². The number of rotatable bonds is 16. The van der Waals surface area contributed by atoms with Gasteiger partial charge >= 0.3 is 11.9 Å². The maximum absolute atomic E-state index is 13.1. The number of amides is 1. The lowest BCUT2D eigenvalue weighted by atomic mass is 9.92. The fourth-order valence-corrected chi connectivity index (χ4v) is 5.19. The van der Waals surface area contributed by atoms with Gasteiger partial charge in [0, 0.05) is 17.4 Å². The van der Waals surface area contributed by atoms with Gasteiger partial charge < -0.3 is 15.2 Å². The van der Waals surface area contributed by atoms with Gasteiger partial charge in [0.15, 0.2) is 12.4 Å². The summed E-state index contributed by atoms with van der Waals surface area (Å²) >= 11 is 1.58. The fraction of sp³-hybridized carbons (Fsp3) is 0.312. The highest BCUT2D eigenvalue weighted by atomic mass is 32.2. The van der Waals surface area contributed by atoms with Gasteiger partial charge in [0.1, 0.15) is 6.04 Å². The third-order valence-electron chi connectivity index (χ3n) is 6.35. The molecule has 40 heavy (non-hydrogen) atoms. The summed E-state index contributed by atoms with van der Waals surface area (Å²) in [5.41, 5.74) is 3.06. The number of esters is 1. The second-order valence-corrected chi connectivity index (χ2v) is 10.7. The van der Waals surface area contributed by atoms with Crippen molar-refractivity contribution < 1.29 is 29.0 Å². The minimum Gasteiger partial charge on any atom is -0.481 e. The maximum Gasteiger partial charge on any atom is 0.310 e. The SMILES string of the molecule is CC(CSCc1ccccc1)C(=O)NC(CC(=O)O)C(=O)COC(=O)C(Cc1ccccc1)Cc1ccccc1. The first-order valence-corrected chi connectivity index (χ1v) is 14.4. The Labute approximate surface area is 239 Å². The smallest absolute Gasteiger partial charge is 0.310 e. The Bertz CT molecular complexity index is 1190. The number of aliphatic carboxylic acids is 1. The fourth-order valence-electron chi connectivity index (χ4n) is 4.13. The van der Waals surface area contributed by atoms with E-state index in [1.165, 1.54) is 0 Å². The normalized spacial score (nSPS) is 12.3. The number of carboxylic acids is 1. The Morgan fingerprint density at radius 1 is 0.800 bits per heavy atom. The van der Waals surface area contributed by atoms with E-state index in [-0.39, 0.29) is 0 Å². The van der Waals surface area contributed by atoms with Gasteiger partial charge in [-0.2, -0.15) is 11.8 Å².